The van der Waals surface area contributed by atoms with Gasteiger partial charge >= 0.3 is 0 Å². The van der Waals surface area contributed by atoms with Gasteiger partial charge in [0, 0.05) is 44.0 Å². The van der Waals surface area contributed by atoms with Crippen LogP contribution in [-0.2, 0) is 0 Å². The Hall–Kier alpha value is -3.35. The van der Waals surface area contributed by atoms with Crippen molar-refractivity contribution >= 4 is 23.4 Å². The second-order valence-electron chi connectivity index (χ2n) is 8.21. The number of benzene rings is 2. The molecule has 168 valence electrons. The van der Waals surface area contributed by atoms with Gasteiger partial charge in [-0.3, -0.25) is 19.3 Å². The quantitative estimate of drug-likeness (QED) is 0.650. The Kier molecular flexibility index (Phi) is 6.44. The molecule has 0 aromatic heterocycles. The SMILES string of the molecule is CCCCN1C(=O)c2ccc(C(=O)N3CCCN(c4ccc(OC)cc4)CC3)cc2C1=O. The normalized spacial score (nSPS) is 16.2. The molecule has 4 rings (SSSR count). The first kappa shape index (κ1) is 21.9. The van der Waals surface area contributed by atoms with E-state index >= 15 is 0 Å². The largest absolute Gasteiger partial charge is 0.497 e. The minimum absolute atomic E-state index is 0.100. The van der Waals surface area contributed by atoms with Crippen LogP contribution < -0.4 is 9.64 Å². The molecule has 7 heteroatoms. The fraction of sp³-hybridized carbons (Fsp3) is 0.400. The van der Waals surface area contributed by atoms with Gasteiger partial charge in [0.15, 0.2) is 0 Å². The van der Waals surface area contributed by atoms with E-state index in [1.165, 1.54) is 4.90 Å². The van der Waals surface area contributed by atoms with Gasteiger partial charge in [0.2, 0.25) is 0 Å². The molecule has 7 nitrogen and oxygen atoms in total. The summed E-state index contributed by atoms with van der Waals surface area (Å²) >= 11 is 0. The monoisotopic (exact) mass is 435 g/mol. The summed E-state index contributed by atoms with van der Waals surface area (Å²) in [5, 5.41) is 0. The van der Waals surface area contributed by atoms with Gasteiger partial charge in [-0.1, -0.05) is 13.3 Å². The number of ether oxygens (including phenoxy) is 1. The predicted octanol–water partition coefficient (Wildman–Crippen LogP) is 3.44. The van der Waals surface area contributed by atoms with Crippen LogP contribution in [0.2, 0.25) is 0 Å². The summed E-state index contributed by atoms with van der Waals surface area (Å²) in [6, 6.07) is 12.8. The first-order chi connectivity index (χ1) is 15.5. The third-order valence-corrected chi connectivity index (χ3v) is 6.17. The molecule has 2 aliphatic heterocycles. The number of unbranched alkanes of at least 4 members (excludes halogenated alkanes) is 1. The first-order valence-corrected chi connectivity index (χ1v) is 11.2. The number of hydrogen-bond acceptors (Lipinski definition) is 5. The third-order valence-electron chi connectivity index (χ3n) is 6.17. The summed E-state index contributed by atoms with van der Waals surface area (Å²) < 4.78 is 5.23. The maximum atomic E-state index is 13.2. The van der Waals surface area contributed by atoms with E-state index in [9.17, 15) is 14.4 Å². The molecule has 2 aliphatic rings. The molecule has 2 heterocycles. The van der Waals surface area contributed by atoms with Gasteiger partial charge in [0.25, 0.3) is 17.7 Å². The smallest absolute Gasteiger partial charge is 0.261 e. The van der Waals surface area contributed by atoms with Crippen LogP contribution in [-0.4, -0.2) is 67.4 Å². The van der Waals surface area contributed by atoms with Crippen molar-refractivity contribution in [3.63, 3.8) is 0 Å². The highest BCUT2D eigenvalue weighted by molar-refractivity contribution is 6.22. The fourth-order valence-electron chi connectivity index (χ4n) is 4.30. The number of carbonyl (C=O) groups excluding carboxylic acids is 3. The number of anilines is 1. The first-order valence-electron chi connectivity index (χ1n) is 11.2. The van der Waals surface area contributed by atoms with E-state index in [0.717, 1.165) is 43.8 Å². The van der Waals surface area contributed by atoms with Gasteiger partial charge in [-0.05, 0) is 55.3 Å². The molecule has 1 fully saturated rings. The molecule has 0 atom stereocenters. The number of amides is 3. The zero-order chi connectivity index (χ0) is 22.7. The van der Waals surface area contributed by atoms with Crippen molar-refractivity contribution in [3.05, 3.63) is 59.2 Å². The molecule has 0 spiro atoms. The zero-order valence-corrected chi connectivity index (χ0v) is 18.7. The molecule has 0 aliphatic carbocycles. The van der Waals surface area contributed by atoms with Crippen molar-refractivity contribution in [2.75, 3.05) is 44.7 Å². The van der Waals surface area contributed by atoms with Crippen molar-refractivity contribution in [1.29, 1.82) is 0 Å². The molecule has 0 saturated carbocycles. The topological polar surface area (TPSA) is 70.2 Å². The van der Waals surface area contributed by atoms with Gasteiger partial charge < -0.3 is 14.5 Å². The minimum Gasteiger partial charge on any atom is -0.497 e. The van der Waals surface area contributed by atoms with Crippen LogP contribution in [0.1, 0.15) is 57.3 Å². The standard InChI is InChI=1S/C25H29N3O4/c1-3-4-14-28-24(30)21-11-6-18(17-22(21)25(28)31)23(29)27-13-5-12-26(15-16-27)19-7-9-20(32-2)10-8-19/h6-11,17H,3-5,12-16H2,1-2H3. The van der Waals surface area contributed by atoms with Crippen LogP contribution in [0.25, 0.3) is 0 Å². The molecule has 0 bridgehead atoms. The van der Waals surface area contributed by atoms with Crippen molar-refractivity contribution in [3.8, 4) is 5.75 Å². The van der Waals surface area contributed by atoms with Crippen molar-refractivity contribution < 1.29 is 19.1 Å². The number of carbonyl (C=O) groups is 3. The van der Waals surface area contributed by atoms with Crippen LogP contribution in [0.3, 0.4) is 0 Å². The van der Waals surface area contributed by atoms with E-state index in [0.29, 0.717) is 36.3 Å². The third kappa shape index (κ3) is 4.20. The van der Waals surface area contributed by atoms with Gasteiger partial charge in [-0.25, -0.2) is 0 Å². The highest BCUT2D eigenvalue weighted by atomic mass is 16.5. The van der Waals surface area contributed by atoms with E-state index < -0.39 is 0 Å². The predicted molar refractivity (Wildman–Crippen MR) is 122 cm³/mol. The number of fused-ring (bicyclic) bond motifs is 1. The van der Waals surface area contributed by atoms with Crippen LogP contribution >= 0.6 is 0 Å². The fourth-order valence-corrected chi connectivity index (χ4v) is 4.30. The van der Waals surface area contributed by atoms with Gasteiger partial charge in [0.05, 0.1) is 18.2 Å². The second-order valence-corrected chi connectivity index (χ2v) is 8.21. The number of rotatable bonds is 6. The summed E-state index contributed by atoms with van der Waals surface area (Å²) in [5.41, 5.74) is 2.30. The van der Waals surface area contributed by atoms with E-state index in [-0.39, 0.29) is 17.7 Å². The van der Waals surface area contributed by atoms with Gasteiger partial charge in [-0.15, -0.1) is 0 Å². The Morgan fingerprint density at radius 1 is 0.938 bits per heavy atom. The molecule has 0 radical (unpaired) electrons. The maximum Gasteiger partial charge on any atom is 0.261 e. The highest BCUT2D eigenvalue weighted by Crippen LogP contribution is 2.26. The van der Waals surface area contributed by atoms with Gasteiger partial charge in [-0.2, -0.15) is 0 Å². The molecule has 32 heavy (non-hydrogen) atoms. The Labute approximate surface area is 188 Å². The van der Waals surface area contributed by atoms with E-state index in [1.807, 2.05) is 36.1 Å². The average molecular weight is 436 g/mol. The Balaban J connectivity index is 1.45. The summed E-state index contributed by atoms with van der Waals surface area (Å²) in [5.74, 6) is 0.159. The lowest BCUT2D eigenvalue weighted by Gasteiger charge is -2.24. The van der Waals surface area contributed by atoms with Crippen LogP contribution in [0.15, 0.2) is 42.5 Å². The summed E-state index contributed by atoms with van der Waals surface area (Å²) in [7, 11) is 1.65. The van der Waals surface area contributed by atoms with Crippen molar-refractivity contribution in [2.45, 2.75) is 26.2 Å². The van der Waals surface area contributed by atoms with E-state index in [4.69, 9.17) is 4.74 Å². The Morgan fingerprint density at radius 2 is 1.69 bits per heavy atom. The van der Waals surface area contributed by atoms with Crippen LogP contribution in [0.4, 0.5) is 5.69 Å². The molecule has 2 aromatic rings. The molecule has 0 N–H and O–H groups in total. The Morgan fingerprint density at radius 3 is 2.41 bits per heavy atom. The van der Waals surface area contributed by atoms with Crippen LogP contribution in [0.5, 0.6) is 5.75 Å². The highest BCUT2D eigenvalue weighted by Gasteiger charge is 2.35. The second kappa shape index (κ2) is 9.42. The molecule has 0 unspecified atom stereocenters. The lowest BCUT2D eigenvalue weighted by molar-refractivity contribution is 0.0652. The summed E-state index contributed by atoms with van der Waals surface area (Å²) in [6.45, 7) is 5.27. The minimum atomic E-state index is -0.297. The molecular formula is C25H29N3O4. The van der Waals surface area contributed by atoms with E-state index in [2.05, 4.69) is 4.90 Å². The lowest BCUT2D eigenvalue weighted by atomic mass is 10.0. The number of hydrogen-bond donors (Lipinski definition) is 0. The number of methoxy groups -OCH3 is 1. The Bertz CT molecular complexity index is 1020. The van der Waals surface area contributed by atoms with Crippen LogP contribution in [0, 0.1) is 0 Å². The molecular weight excluding hydrogens is 406 g/mol. The van der Waals surface area contributed by atoms with Crippen molar-refractivity contribution in [1.82, 2.24) is 9.80 Å². The maximum absolute atomic E-state index is 13.2. The molecule has 3 amide bonds. The molecule has 2 aromatic carbocycles. The van der Waals surface area contributed by atoms with Crippen molar-refractivity contribution in [2.24, 2.45) is 0 Å². The summed E-state index contributed by atoms with van der Waals surface area (Å²) in [6.07, 6.45) is 2.53. The summed E-state index contributed by atoms with van der Waals surface area (Å²) in [4.78, 5) is 43.9. The lowest BCUT2D eigenvalue weighted by Crippen LogP contribution is -2.35. The number of imide groups is 1. The van der Waals surface area contributed by atoms with E-state index in [1.54, 1.807) is 25.3 Å². The van der Waals surface area contributed by atoms with Gasteiger partial charge in [0.1, 0.15) is 5.75 Å². The number of nitrogens with zero attached hydrogens (tertiary/aromatic N) is 3. The molecule has 1 saturated heterocycles. The zero-order valence-electron chi connectivity index (χ0n) is 18.7. The average Bonchev–Trinajstić information content (AvgIpc) is 2.98.